The number of hydrogen-bond donors (Lipinski definition) is 0. The van der Waals surface area contributed by atoms with E-state index in [-0.39, 0.29) is 12.0 Å². The van der Waals surface area contributed by atoms with Gasteiger partial charge in [-0.15, -0.1) is 11.3 Å². The van der Waals surface area contributed by atoms with E-state index in [1.54, 1.807) is 48.7 Å². The van der Waals surface area contributed by atoms with Gasteiger partial charge in [0.2, 0.25) is 0 Å². The van der Waals surface area contributed by atoms with Crippen LogP contribution in [0.25, 0.3) is 20.8 Å². The van der Waals surface area contributed by atoms with Gasteiger partial charge in [-0.25, -0.2) is 4.98 Å². The number of fused-ring (bicyclic) bond motifs is 2. The van der Waals surface area contributed by atoms with Crippen molar-refractivity contribution < 1.29 is 28.5 Å². The number of benzene rings is 3. The highest BCUT2D eigenvalue weighted by Gasteiger charge is 2.27. The number of carbonyl (C=O) groups is 1. The van der Waals surface area contributed by atoms with Gasteiger partial charge in [-0.3, -0.25) is 4.79 Å². The molecule has 2 aliphatic heterocycles. The van der Waals surface area contributed by atoms with Crippen molar-refractivity contribution in [2.45, 2.75) is 19.1 Å². The number of aromatic nitrogens is 1. The number of rotatable bonds is 6. The molecule has 38 heavy (non-hydrogen) atoms. The summed E-state index contributed by atoms with van der Waals surface area (Å²) in [5, 5.41) is 0.890. The van der Waals surface area contributed by atoms with E-state index in [9.17, 15) is 4.79 Å². The molecule has 0 saturated carbocycles. The van der Waals surface area contributed by atoms with Crippen LogP contribution in [0.15, 0.2) is 54.6 Å². The number of thiazole rings is 1. The smallest absolute Gasteiger partial charge is 0.254 e. The van der Waals surface area contributed by atoms with E-state index >= 15 is 0 Å². The van der Waals surface area contributed by atoms with E-state index in [1.807, 2.05) is 24.3 Å². The number of para-hydroxylation sites is 1. The number of methoxy groups -OCH3 is 2. The molecule has 0 spiro atoms. The minimum Gasteiger partial charge on any atom is -0.497 e. The van der Waals surface area contributed by atoms with Gasteiger partial charge in [0.1, 0.15) is 29.2 Å². The Kier molecular flexibility index (Phi) is 6.78. The SMILES string of the molecule is COc1cc(OC)cc(C(=O)N2CCOc3c(cc(-c4nc5ccccc5s4)cc3O[C@H]3CCOC3)C2)c1. The van der Waals surface area contributed by atoms with E-state index in [0.717, 1.165) is 32.8 Å². The number of carbonyl (C=O) groups excluding carboxylic acids is 1. The summed E-state index contributed by atoms with van der Waals surface area (Å²) in [4.78, 5) is 20.3. The maximum absolute atomic E-state index is 13.6. The van der Waals surface area contributed by atoms with Crippen LogP contribution in [-0.2, 0) is 11.3 Å². The Morgan fingerprint density at radius 1 is 1.05 bits per heavy atom. The van der Waals surface area contributed by atoms with Crippen molar-refractivity contribution in [2.24, 2.45) is 0 Å². The molecule has 1 saturated heterocycles. The number of hydrogen-bond acceptors (Lipinski definition) is 8. The van der Waals surface area contributed by atoms with Crippen molar-refractivity contribution in [3.8, 4) is 33.6 Å². The zero-order chi connectivity index (χ0) is 26.1. The average molecular weight is 533 g/mol. The Hall–Kier alpha value is -3.82. The van der Waals surface area contributed by atoms with Crippen molar-refractivity contribution in [2.75, 3.05) is 40.6 Å². The third-order valence-corrected chi connectivity index (χ3v) is 7.79. The summed E-state index contributed by atoms with van der Waals surface area (Å²) in [5.41, 5.74) is 3.25. The fourth-order valence-electron chi connectivity index (χ4n) is 4.76. The largest absolute Gasteiger partial charge is 0.497 e. The van der Waals surface area contributed by atoms with E-state index in [4.69, 9.17) is 28.7 Å². The van der Waals surface area contributed by atoms with Crippen LogP contribution in [0, 0.1) is 0 Å². The van der Waals surface area contributed by atoms with Gasteiger partial charge in [0.25, 0.3) is 5.91 Å². The first kappa shape index (κ1) is 24.5. The van der Waals surface area contributed by atoms with Crippen LogP contribution in [0.4, 0.5) is 0 Å². The van der Waals surface area contributed by atoms with Crippen LogP contribution in [0.3, 0.4) is 0 Å². The molecule has 1 fully saturated rings. The van der Waals surface area contributed by atoms with Gasteiger partial charge in [0, 0.05) is 35.7 Å². The van der Waals surface area contributed by atoms with Crippen LogP contribution in [0.1, 0.15) is 22.3 Å². The van der Waals surface area contributed by atoms with Crippen molar-refractivity contribution in [1.82, 2.24) is 9.88 Å². The van der Waals surface area contributed by atoms with Crippen molar-refractivity contribution in [1.29, 1.82) is 0 Å². The highest BCUT2D eigenvalue weighted by molar-refractivity contribution is 7.21. The molecule has 6 rings (SSSR count). The van der Waals surface area contributed by atoms with E-state index in [0.29, 0.717) is 61.5 Å². The minimum absolute atomic E-state index is 0.0430. The molecule has 4 aromatic rings. The van der Waals surface area contributed by atoms with E-state index < -0.39 is 0 Å². The first-order chi connectivity index (χ1) is 18.6. The van der Waals surface area contributed by atoms with Crippen molar-refractivity contribution in [3.63, 3.8) is 0 Å². The predicted octanol–water partition coefficient (Wildman–Crippen LogP) is 5.18. The maximum atomic E-state index is 13.6. The molecule has 3 heterocycles. The van der Waals surface area contributed by atoms with Gasteiger partial charge < -0.3 is 28.6 Å². The molecule has 9 heteroatoms. The molecule has 3 aromatic carbocycles. The summed E-state index contributed by atoms with van der Waals surface area (Å²) in [6.07, 6.45) is 0.779. The van der Waals surface area contributed by atoms with Gasteiger partial charge in [-0.2, -0.15) is 0 Å². The first-order valence-corrected chi connectivity index (χ1v) is 13.4. The Morgan fingerprint density at radius 3 is 2.61 bits per heavy atom. The summed E-state index contributed by atoms with van der Waals surface area (Å²) in [6.45, 7) is 2.36. The Labute approximate surface area is 224 Å². The normalized spacial score (nSPS) is 17.0. The molecule has 1 atom stereocenters. The van der Waals surface area contributed by atoms with Crippen LogP contribution < -0.4 is 18.9 Å². The topological polar surface area (TPSA) is 79.4 Å². The van der Waals surface area contributed by atoms with Gasteiger partial charge in [0.15, 0.2) is 11.5 Å². The molecule has 1 amide bonds. The second-order valence-corrected chi connectivity index (χ2v) is 10.3. The molecule has 1 aromatic heterocycles. The van der Waals surface area contributed by atoms with Gasteiger partial charge in [0.05, 0.1) is 44.2 Å². The highest BCUT2D eigenvalue weighted by atomic mass is 32.1. The number of ether oxygens (including phenoxy) is 5. The number of amides is 1. The summed E-state index contributed by atoms with van der Waals surface area (Å²) in [6, 6.07) is 17.3. The molecule has 196 valence electrons. The lowest BCUT2D eigenvalue weighted by Gasteiger charge is -2.21. The number of nitrogens with zero attached hydrogens (tertiary/aromatic N) is 2. The van der Waals surface area contributed by atoms with Crippen LogP contribution in [-0.4, -0.2) is 62.5 Å². The lowest BCUT2D eigenvalue weighted by Crippen LogP contribution is -2.32. The minimum atomic E-state index is -0.129. The quantitative estimate of drug-likeness (QED) is 0.338. The maximum Gasteiger partial charge on any atom is 0.254 e. The average Bonchev–Trinajstić information content (AvgIpc) is 3.57. The second-order valence-electron chi connectivity index (χ2n) is 9.23. The van der Waals surface area contributed by atoms with Crippen molar-refractivity contribution in [3.05, 3.63) is 65.7 Å². The van der Waals surface area contributed by atoms with Crippen LogP contribution >= 0.6 is 11.3 Å². The van der Waals surface area contributed by atoms with Crippen LogP contribution in [0.2, 0.25) is 0 Å². The lowest BCUT2D eigenvalue weighted by molar-refractivity contribution is 0.0732. The summed E-state index contributed by atoms with van der Waals surface area (Å²) in [7, 11) is 3.14. The third kappa shape index (κ3) is 4.87. The lowest BCUT2D eigenvalue weighted by atomic mass is 10.1. The summed E-state index contributed by atoms with van der Waals surface area (Å²) >= 11 is 1.63. The summed E-state index contributed by atoms with van der Waals surface area (Å²) in [5.74, 6) is 2.32. The van der Waals surface area contributed by atoms with Crippen molar-refractivity contribution >= 4 is 27.5 Å². The molecule has 0 radical (unpaired) electrons. The Bertz CT molecular complexity index is 1420. The standard InChI is InChI=1S/C29H28N2O6S/c1-33-22-12-19(13-23(15-22)34-2)29(32)31-8-10-36-27-20(16-31)11-18(14-25(27)37-21-7-9-35-17-21)28-30-24-5-3-4-6-26(24)38-28/h3-6,11-15,21H,7-10,16-17H2,1-2H3/t21-/m0/s1. The van der Waals surface area contributed by atoms with E-state index in [2.05, 4.69) is 12.1 Å². The first-order valence-electron chi connectivity index (χ1n) is 12.5. The predicted molar refractivity (Wildman–Crippen MR) is 145 cm³/mol. The highest BCUT2D eigenvalue weighted by Crippen LogP contribution is 2.41. The molecular weight excluding hydrogens is 504 g/mol. The molecule has 0 aliphatic carbocycles. The molecule has 0 N–H and O–H groups in total. The second kappa shape index (κ2) is 10.5. The fourth-order valence-corrected chi connectivity index (χ4v) is 5.72. The van der Waals surface area contributed by atoms with E-state index in [1.165, 1.54) is 0 Å². The van der Waals surface area contributed by atoms with Crippen LogP contribution in [0.5, 0.6) is 23.0 Å². The zero-order valence-corrected chi connectivity index (χ0v) is 22.1. The van der Waals surface area contributed by atoms with Gasteiger partial charge in [-0.05, 0) is 36.4 Å². The molecular formula is C29H28N2O6S. The Balaban J connectivity index is 1.38. The summed E-state index contributed by atoms with van der Waals surface area (Å²) < 4.78 is 30.0. The molecule has 8 nitrogen and oxygen atoms in total. The zero-order valence-electron chi connectivity index (χ0n) is 21.3. The van der Waals surface area contributed by atoms with Gasteiger partial charge >= 0.3 is 0 Å². The monoisotopic (exact) mass is 532 g/mol. The molecule has 0 bridgehead atoms. The molecule has 2 aliphatic rings. The fraction of sp³-hybridized carbons (Fsp3) is 0.310. The molecule has 0 unspecified atom stereocenters. The third-order valence-electron chi connectivity index (χ3n) is 6.71. The van der Waals surface area contributed by atoms with Gasteiger partial charge in [-0.1, -0.05) is 12.1 Å². The Morgan fingerprint density at radius 2 is 1.87 bits per heavy atom.